The van der Waals surface area contributed by atoms with Crippen LogP contribution in [0.3, 0.4) is 0 Å². The molecule has 2 heteroatoms. The maximum absolute atomic E-state index is 2.53. The molecule has 0 bridgehead atoms. The number of rotatable bonds is 6. The van der Waals surface area contributed by atoms with Gasteiger partial charge in [-0.3, -0.25) is 0 Å². The number of fused-ring (bicyclic) bond motifs is 7. The third-order valence-electron chi connectivity index (χ3n) is 12.2. The standard InChI is InChI=1S/C55H40N2/c1-55(2)47-26-13-11-25-45(47)54-48(55)27-16-30-52(54)56(51-34-31-40(37-17-5-3-6-18-37)35-46(51)39-19-7-4-8-20-39)41-32-33-44-43-24-12-14-28-50(43)57(53(44)36-41)49-29-15-22-38-21-9-10-23-42(38)49/h3-36H,1-2H3. The molecule has 1 aromatic heterocycles. The molecule has 11 rings (SSSR count). The normalized spacial score (nSPS) is 12.9. The fourth-order valence-corrected chi connectivity index (χ4v) is 9.48. The highest BCUT2D eigenvalue weighted by Gasteiger charge is 2.38. The van der Waals surface area contributed by atoms with Gasteiger partial charge in [-0.2, -0.15) is 0 Å². The van der Waals surface area contributed by atoms with E-state index >= 15 is 0 Å². The second-order valence-corrected chi connectivity index (χ2v) is 15.7. The molecular weight excluding hydrogens is 689 g/mol. The molecule has 0 N–H and O–H groups in total. The maximum atomic E-state index is 2.53. The second-order valence-electron chi connectivity index (χ2n) is 15.7. The molecule has 0 saturated heterocycles. The minimum atomic E-state index is -0.141. The van der Waals surface area contributed by atoms with Crippen molar-refractivity contribution in [1.29, 1.82) is 0 Å². The number of anilines is 3. The number of benzene rings is 9. The molecule has 9 aromatic carbocycles. The van der Waals surface area contributed by atoms with Gasteiger partial charge in [-0.25, -0.2) is 0 Å². The lowest BCUT2D eigenvalue weighted by Gasteiger charge is -2.31. The van der Waals surface area contributed by atoms with Gasteiger partial charge < -0.3 is 9.47 Å². The maximum Gasteiger partial charge on any atom is 0.0562 e. The number of para-hydroxylation sites is 1. The van der Waals surface area contributed by atoms with Gasteiger partial charge in [-0.05, 0) is 81.2 Å². The first-order chi connectivity index (χ1) is 28.1. The summed E-state index contributed by atoms with van der Waals surface area (Å²) in [5.74, 6) is 0. The molecule has 0 spiro atoms. The van der Waals surface area contributed by atoms with Crippen molar-refractivity contribution in [2.24, 2.45) is 0 Å². The third kappa shape index (κ3) is 5.18. The minimum absolute atomic E-state index is 0.141. The number of hydrogen-bond donors (Lipinski definition) is 0. The first kappa shape index (κ1) is 33.2. The molecule has 0 amide bonds. The molecule has 0 radical (unpaired) electrons. The Morgan fingerprint density at radius 2 is 1.05 bits per heavy atom. The number of hydrogen-bond acceptors (Lipinski definition) is 1. The van der Waals surface area contributed by atoms with Gasteiger partial charge in [-0.1, -0.05) is 178 Å². The highest BCUT2D eigenvalue weighted by Crippen LogP contribution is 2.55. The van der Waals surface area contributed by atoms with E-state index in [0.717, 1.165) is 11.4 Å². The van der Waals surface area contributed by atoms with E-state index in [0.29, 0.717) is 0 Å². The van der Waals surface area contributed by atoms with Crippen LogP contribution in [0.2, 0.25) is 0 Å². The summed E-state index contributed by atoms with van der Waals surface area (Å²) in [5.41, 5.74) is 16.8. The van der Waals surface area contributed by atoms with E-state index in [1.54, 1.807) is 0 Å². The predicted octanol–water partition coefficient (Wildman–Crippen LogP) is 15.0. The molecule has 2 nitrogen and oxygen atoms in total. The molecule has 57 heavy (non-hydrogen) atoms. The molecule has 0 saturated carbocycles. The topological polar surface area (TPSA) is 8.17 Å². The molecule has 1 heterocycles. The van der Waals surface area contributed by atoms with Crippen molar-refractivity contribution >= 4 is 49.6 Å². The Bertz CT molecular complexity index is 3150. The van der Waals surface area contributed by atoms with Crippen LogP contribution in [0.25, 0.3) is 71.6 Å². The van der Waals surface area contributed by atoms with Crippen molar-refractivity contribution < 1.29 is 0 Å². The predicted molar refractivity (Wildman–Crippen MR) is 241 cm³/mol. The number of nitrogens with zero attached hydrogens (tertiary/aromatic N) is 2. The van der Waals surface area contributed by atoms with E-state index in [1.807, 2.05) is 0 Å². The summed E-state index contributed by atoms with van der Waals surface area (Å²) in [7, 11) is 0. The van der Waals surface area contributed by atoms with Crippen molar-refractivity contribution in [3.8, 4) is 39.1 Å². The van der Waals surface area contributed by atoms with Gasteiger partial charge in [0.1, 0.15) is 0 Å². The molecule has 1 aliphatic rings. The van der Waals surface area contributed by atoms with Crippen LogP contribution in [0.1, 0.15) is 25.0 Å². The van der Waals surface area contributed by atoms with Crippen LogP contribution in [-0.2, 0) is 5.41 Å². The van der Waals surface area contributed by atoms with Crippen molar-refractivity contribution in [2.75, 3.05) is 4.90 Å². The summed E-state index contributed by atoms with van der Waals surface area (Å²) in [4.78, 5) is 2.53. The van der Waals surface area contributed by atoms with Crippen LogP contribution in [0.15, 0.2) is 206 Å². The Hall–Kier alpha value is -7.16. The van der Waals surface area contributed by atoms with Gasteiger partial charge in [0.25, 0.3) is 0 Å². The molecule has 0 aliphatic heterocycles. The Morgan fingerprint density at radius 3 is 1.89 bits per heavy atom. The second kappa shape index (κ2) is 13.0. The van der Waals surface area contributed by atoms with Crippen LogP contribution in [0.4, 0.5) is 17.1 Å². The molecule has 0 unspecified atom stereocenters. The molecule has 270 valence electrons. The average Bonchev–Trinajstić information content (AvgIpc) is 3.72. The van der Waals surface area contributed by atoms with E-state index in [-0.39, 0.29) is 5.41 Å². The SMILES string of the molecule is CC1(C)c2ccccc2-c2c(N(c3ccc4c5ccccc5n(-c5cccc6ccccc56)c4c3)c3ccc(-c4ccccc4)cc3-c3ccccc3)cccc21. The summed E-state index contributed by atoms with van der Waals surface area (Å²) < 4.78 is 2.47. The van der Waals surface area contributed by atoms with Gasteiger partial charge in [-0.15, -0.1) is 0 Å². The quantitative estimate of drug-likeness (QED) is 0.165. The summed E-state index contributed by atoms with van der Waals surface area (Å²) in [6.07, 6.45) is 0. The summed E-state index contributed by atoms with van der Waals surface area (Å²) in [5, 5.41) is 4.93. The van der Waals surface area contributed by atoms with Gasteiger partial charge in [0, 0.05) is 38.4 Å². The van der Waals surface area contributed by atoms with Gasteiger partial charge >= 0.3 is 0 Å². The van der Waals surface area contributed by atoms with Crippen molar-refractivity contribution in [1.82, 2.24) is 4.57 Å². The van der Waals surface area contributed by atoms with Crippen molar-refractivity contribution in [3.05, 3.63) is 217 Å². The summed E-state index contributed by atoms with van der Waals surface area (Å²) in [6.45, 7) is 4.73. The fourth-order valence-electron chi connectivity index (χ4n) is 9.48. The lowest BCUT2D eigenvalue weighted by Crippen LogP contribution is -2.16. The molecule has 10 aromatic rings. The molecule has 0 fully saturated rings. The van der Waals surface area contributed by atoms with Crippen molar-refractivity contribution in [2.45, 2.75) is 19.3 Å². The monoisotopic (exact) mass is 728 g/mol. The molecule has 1 aliphatic carbocycles. The molecule has 0 atom stereocenters. The Kier molecular flexibility index (Phi) is 7.55. The smallest absolute Gasteiger partial charge is 0.0562 e. The van der Waals surface area contributed by atoms with Crippen LogP contribution in [0.5, 0.6) is 0 Å². The zero-order valence-electron chi connectivity index (χ0n) is 32.0. The summed E-state index contributed by atoms with van der Waals surface area (Å²) >= 11 is 0. The lowest BCUT2D eigenvalue weighted by atomic mass is 9.82. The Labute approximate surface area is 333 Å². The van der Waals surface area contributed by atoms with Crippen LogP contribution in [0, 0.1) is 0 Å². The minimum Gasteiger partial charge on any atom is -0.309 e. The molecular formula is C55H40N2. The third-order valence-corrected chi connectivity index (χ3v) is 12.2. The van der Waals surface area contributed by atoms with E-state index in [1.165, 1.54) is 88.5 Å². The van der Waals surface area contributed by atoms with E-state index in [4.69, 9.17) is 0 Å². The van der Waals surface area contributed by atoms with Gasteiger partial charge in [0.05, 0.1) is 28.1 Å². The first-order valence-corrected chi connectivity index (χ1v) is 19.9. The fraction of sp³-hybridized carbons (Fsp3) is 0.0545. The highest BCUT2D eigenvalue weighted by molar-refractivity contribution is 6.12. The van der Waals surface area contributed by atoms with E-state index in [2.05, 4.69) is 230 Å². The van der Waals surface area contributed by atoms with Crippen molar-refractivity contribution in [3.63, 3.8) is 0 Å². The van der Waals surface area contributed by atoms with Crippen LogP contribution >= 0.6 is 0 Å². The zero-order chi connectivity index (χ0) is 38.1. The van der Waals surface area contributed by atoms with E-state index in [9.17, 15) is 0 Å². The van der Waals surface area contributed by atoms with Crippen LogP contribution in [-0.4, -0.2) is 4.57 Å². The zero-order valence-corrected chi connectivity index (χ0v) is 32.0. The first-order valence-electron chi connectivity index (χ1n) is 19.9. The van der Waals surface area contributed by atoms with Gasteiger partial charge in [0.15, 0.2) is 0 Å². The van der Waals surface area contributed by atoms with Crippen LogP contribution < -0.4 is 4.90 Å². The summed E-state index contributed by atoms with van der Waals surface area (Å²) in [6, 6.07) is 75.7. The number of aromatic nitrogens is 1. The average molecular weight is 729 g/mol. The Balaban J connectivity index is 1.24. The lowest BCUT2D eigenvalue weighted by molar-refractivity contribution is 0.660. The van der Waals surface area contributed by atoms with E-state index < -0.39 is 0 Å². The Morgan fingerprint density at radius 1 is 0.404 bits per heavy atom. The van der Waals surface area contributed by atoms with Gasteiger partial charge in [0.2, 0.25) is 0 Å². The highest BCUT2D eigenvalue weighted by atomic mass is 15.2. The largest absolute Gasteiger partial charge is 0.309 e.